The number of rotatable bonds is 12. The lowest BCUT2D eigenvalue weighted by molar-refractivity contribution is -0.136. The number of para-hydroxylation sites is 1. The van der Waals surface area contributed by atoms with E-state index < -0.39 is 35.7 Å². The lowest BCUT2D eigenvalue weighted by Crippen LogP contribution is -2.54. The molecule has 2 atom stereocenters. The molecule has 12 nitrogen and oxygen atoms in total. The predicted molar refractivity (Wildman–Crippen MR) is 169 cm³/mol. The first-order chi connectivity index (χ1) is 22.3. The molecule has 2 unspecified atom stereocenters. The van der Waals surface area contributed by atoms with Crippen LogP contribution in [0.4, 0.5) is 5.69 Å². The maximum atomic E-state index is 13.3. The Bertz CT molecular complexity index is 1770. The zero-order valence-electron chi connectivity index (χ0n) is 25.3. The summed E-state index contributed by atoms with van der Waals surface area (Å²) in [5.41, 5.74) is 2.55. The minimum absolute atomic E-state index is 0.0669. The molecule has 0 spiro atoms. The monoisotopic (exact) mass is 622 g/mol. The van der Waals surface area contributed by atoms with Crippen LogP contribution < -0.4 is 16.0 Å². The molecular formula is C34H34N6O6. The Morgan fingerprint density at radius 1 is 1.07 bits per heavy atom. The fourth-order valence-electron chi connectivity index (χ4n) is 5.93. The molecular weight excluding hydrogens is 588 g/mol. The lowest BCUT2D eigenvalue weighted by Gasteiger charge is -2.27. The average molecular weight is 623 g/mol. The number of carbonyl (C=O) groups excluding carboxylic acids is 5. The third-order valence-corrected chi connectivity index (χ3v) is 8.22. The van der Waals surface area contributed by atoms with Crippen LogP contribution in [0.2, 0.25) is 0 Å². The number of hydrogen-bond donors (Lipinski definition) is 3. The second kappa shape index (κ2) is 13.3. The number of piperidine rings is 1. The standard InChI is InChI=1S/C34H34N6O6/c1-39(20-29(42)37-31(22-9-7-15-35-19-22)27-18-21-8-2-3-12-26(21)46-27)17-5-4-16-36-24-11-6-10-23-30(24)34(45)40(33(23)44)25-13-14-28(41)38-32(25)43/h2-3,6-12,15,18-19,25,31,36H,4-5,13-14,16-17,20H2,1H3,(H,37,42)(H,38,41,43). The van der Waals surface area contributed by atoms with Gasteiger partial charge in [0.15, 0.2) is 0 Å². The summed E-state index contributed by atoms with van der Waals surface area (Å²) in [6, 6.07) is 16.9. The molecule has 46 heavy (non-hydrogen) atoms. The number of fused-ring (bicyclic) bond motifs is 2. The van der Waals surface area contributed by atoms with Crippen molar-refractivity contribution in [1.82, 2.24) is 25.4 Å². The van der Waals surface area contributed by atoms with Crippen molar-refractivity contribution < 1.29 is 28.4 Å². The first-order valence-electron chi connectivity index (χ1n) is 15.2. The van der Waals surface area contributed by atoms with Gasteiger partial charge in [0, 0.05) is 42.0 Å². The average Bonchev–Trinajstić information content (AvgIpc) is 3.59. The van der Waals surface area contributed by atoms with E-state index in [9.17, 15) is 24.0 Å². The first kappa shape index (κ1) is 30.7. The smallest absolute Gasteiger partial charge is 0.264 e. The number of anilines is 1. The number of amides is 5. The normalized spacial score (nSPS) is 16.9. The molecule has 0 bridgehead atoms. The number of carbonyl (C=O) groups is 5. The van der Waals surface area contributed by atoms with E-state index in [1.807, 2.05) is 54.4 Å². The molecule has 2 aliphatic heterocycles. The van der Waals surface area contributed by atoms with Gasteiger partial charge >= 0.3 is 0 Å². The molecule has 2 aromatic carbocycles. The number of nitrogens with zero attached hydrogens (tertiary/aromatic N) is 3. The highest BCUT2D eigenvalue weighted by atomic mass is 16.3. The largest absolute Gasteiger partial charge is 0.459 e. The number of unbranched alkanes of at least 4 members (excludes halogenated alkanes) is 1. The van der Waals surface area contributed by atoms with Crippen LogP contribution >= 0.6 is 0 Å². The molecule has 2 aliphatic rings. The highest BCUT2D eigenvalue weighted by Gasteiger charge is 2.45. The van der Waals surface area contributed by atoms with Crippen LogP contribution in [0.3, 0.4) is 0 Å². The quantitative estimate of drug-likeness (QED) is 0.160. The topological polar surface area (TPSA) is 154 Å². The molecule has 6 rings (SSSR count). The third kappa shape index (κ3) is 6.38. The first-order valence-corrected chi connectivity index (χ1v) is 15.2. The van der Waals surface area contributed by atoms with Gasteiger partial charge in [-0.1, -0.05) is 30.3 Å². The zero-order valence-corrected chi connectivity index (χ0v) is 25.3. The van der Waals surface area contributed by atoms with E-state index in [1.54, 1.807) is 30.6 Å². The molecule has 12 heteroatoms. The fraction of sp³-hybridized carbons (Fsp3) is 0.294. The molecule has 0 aliphatic carbocycles. The van der Waals surface area contributed by atoms with Crippen molar-refractivity contribution >= 4 is 46.2 Å². The molecule has 0 radical (unpaired) electrons. The molecule has 236 valence electrons. The molecule has 5 amide bonds. The Kier molecular flexibility index (Phi) is 8.88. The Labute approximate surface area is 265 Å². The fourth-order valence-corrected chi connectivity index (χ4v) is 5.93. The van der Waals surface area contributed by atoms with Crippen LogP contribution in [-0.2, 0) is 14.4 Å². The lowest BCUT2D eigenvalue weighted by atomic mass is 10.0. The van der Waals surface area contributed by atoms with Crippen LogP contribution in [0.15, 0.2) is 77.5 Å². The summed E-state index contributed by atoms with van der Waals surface area (Å²) in [5.74, 6) is -1.66. The van der Waals surface area contributed by atoms with Crippen molar-refractivity contribution in [2.24, 2.45) is 0 Å². The van der Waals surface area contributed by atoms with Gasteiger partial charge in [-0.25, -0.2) is 0 Å². The number of aromatic nitrogens is 1. The van der Waals surface area contributed by atoms with Gasteiger partial charge in [0.25, 0.3) is 11.8 Å². The summed E-state index contributed by atoms with van der Waals surface area (Å²) in [6.07, 6.45) is 5.09. The Hall–Kier alpha value is -5.36. The van der Waals surface area contributed by atoms with Gasteiger partial charge in [0.2, 0.25) is 17.7 Å². The van der Waals surface area contributed by atoms with Gasteiger partial charge in [-0.05, 0) is 63.2 Å². The minimum atomic E-state index is -1.01. The van der Waals surface area contributed by atoms with Crippen molar-refractivity contribution in [3.63, 3.8) is 0 Å². The third-order valence-electron chi connectivity index (χ3n) is 8.22. The Balaban J connectivity index is 1.00. The molecule has 4 heterocycles. The number of hydrogen-bond acceptors (Lipinski definition) is 9. The highest BCUT2D eigenvalue weighted by Crippen LogP contribution is 2.32. The van der Waals surface area contributed by atoms with E-state index >= 15 is 0 Å². The van der Waals surface area contributed by atoms with Gasteiger partial charge < -0.3 is 15.1 Å². The van der Waals surface area contributed by atoms with Crippen molar-refractivity contribution in [3.05, 3.63) is 95.5 Å². The van der Waals surface area contributed by atoms with Gasteiger partial charge in [-0.3, -0.25) is 44.1 Å². The van der Waals surface area contributed by atoms with E-state index in [4.69, 9.17) is 4.42 Å². The van der Waals surface area contributed by atoms with E-state index in [0.29, 0.717) is 24.5 Å². The molecule has 4 aromatic rings. The van der Waals surface area contributed by atoms with E-state index in [1.165, 1.54) is 0 Å². The number of pyridine rings is 1. The predicted octanol–water partition coefficient (Wildman–Crippen LogP) is 3.26. The van der Waals surface area contributed by atoms with Crippen LogP contribution in [0, 0.1) is 0 Å². The molecule has 1 saturated heterocycles. The van der Waals surface area contributed by atoms with Crippen molar-refractivity contribution in [2.45, 2.75) is 37.8 Å². The number of nitrogens with one attached hydrogen (secondary N) is 3. The summed E-state index contributed by atoms with van der Waals surface area (Å²) in [4.78, 5) is 70.5. The summed E-state index contributed by atoms with van der Waals surface area (Å²) in [6.45, 7) is 1.37. The van der Waals surface area contributed by atoms with Crippen molar-refractivity contribution in [1.29, 1.82) is 0 Å². The van der Waals surface area contributed by atoms with Gasteiger partial charge in [0.05, 0.1) is 17.7 Å². The molecule has 1 fully saturated rings. The van der Waals surface area contributed by atoms with Crippen molar-refractivity contribution in [2.75, 3.05) is 32.0 Å². The molecule has 2 aromatic heterocycles. The summed E-state index contributed by atoms with van der Waals surface area (Å²) < 4.78 is 6.07. The highest BCUT2D eigenvalue weighted by molar-refractivity contribution is 6.25. The van der Waals surface area contributed by atoms with E-state index in [2.05, 4.69) is 20.9 Å². The van der Waals surface area contributed by atoms with Crippen molar-refractivity contribution in [3.8, 4) is 0 Å². The van der Waals surface area contributed by atoms with Crippen LogP contribution in [0.25, 0.3) is 11.0 Å². The maximum absolute atomic E-state index is 13.3. The number of furan rings is 1. The summed E-state index contributed by atoms with van der Waals surface area (Å²) >= 11 is 0. The molecule has 3 N–H and O–H groups in total. The number of imide groups is 2. The second-order valence-corrected chi connectivity index (χ2v) is 11.5. The van der Waals surface area contributed by atoms with E-state index in [-0.39, 0.29) is 36.4 Å². The molecule has 0 saturated carbocycles. The minimum Gasteiger partial charge on any atom is -0.459 e. The number of benzene rings is 2. The maximum Gasteiger partial charge on any atom is 0.264 e. The van der Waals surface area contributed by atoms with Gasteiger partial charge in [0.1, 0.15) is 23.4 Å². The van der Waals surface area contributed by atoms with Gasteiger partial charge in [-0.15, -0.1) is 0 Å². The van der Waals surface area contributed by atoms with Crippen LogP contribution in [-0.4, -0.2) is 77.0 Å². The number of likely N-dealkylation sites (N-methyl/N-ethyl adjacent to an activating group) is 1. The Morgan fingerprint density at radius 2 is 1.91 bits per heavy atom. The van der Waals surface area contributed by atoms with Crippen LogP contribution in [0.5, 0.6) is 0 Å². The second-order valence-electron chi connectivity index (χ2n) is 11.5. The van der Waals surface area contributed by atoms with Crippen LogP contribution in [0.1, 0.15) is 63.8 Å². The van der Waals surface area contributed by atoms with E-state index in [0.717, 1.165) is 34.3 Å². The zero-order chi connectivity index (χ0) is 32.2. The summed E-state index contributed by atoms with van der Waals surface area (Å²) in [5, 5.41) is 9.52. The Morgan fingerprint density at radius 3 is 2.70 bits per heavy atom. The van der Waals surface area contributed by atoms with Gasteiger partial charge in [-0.2, -0.15) is 0 Å². The summed E-state index contributed by atoms with van der Waals surface area (Å²) in [7, 11) is 1.88. The SMILES string of the molecule is CN(CCCCNc1cccc2c1C(=O)N(C1CCC(=O)NC1=O)C2=O)CC(=O)NC(c1cccnc1)c1cc2ccccc2o1.